The van der Waals surface area contributed by atoms with Crippen molar-refractivity contribution in [2.24, 2.45) is 0 Å². The number of benzene rings is 2. The van der Waals surface area contributed by atoms with Crippen LogP contribution in [0.1, 0.15) is 21.6 Å². The lowest BCUT2D eigenvalue weighted by molar-refractivity contribution is -0.117. The minimum atomic E-state index is -0.205. The number of carbonyl (C=O) groups is 2. The molecule has 3 aromatic heterocycles. The average molecular weight is 517 g/mol. The van der Waals surface area contributed by atoms with E-state index in [1.54, 1.807) is 77.6 Å². The zero-order valence-corrected chi connectivity index (χ0v) is 21.1. The number of carbonyl (C=O) groups excluding carboxylic acids is 2. The number of aromatic nitrogens is 3. The molecule has 5 rings (SSSR count). The molecule has 5 aromatic rings. The second-order valence-corrected chi connectivity index (χ2v) is 9.33. The molecule has 0 fully saturated rings. The lowest BCUT2D eigenvalue weighted by atomic mass is 10.1. The summed E-state index contributed by atoms with van der Waals surface area (Å²) in [4.78, 5) is 37.4. The Balaban J connectivity index is 1.62. The molecule has 180 valence electrons. The number of nitrogens with zero attached hydrogens (tertiary/aromatic N) is 4. The number of amides is 1. The Bertz CT molecular complexity index is 1550. The number of anilines is 2. The van der Waals surface area contributed by atoms with Crippen molar-refractivity contribution in [2.75, 3.05) is 12.0 Å². The highest BCUT2D eigenvalue weighted by molar-refractivity contribution is 7.13. The smallest absolute Gasteiger partial charge is 0.262 e. The van der Waals surface area contributed by atoms with Crippen LogP contribution >= 0.6 is 22.9 Å². The molecule has 1 amide bonds. The van der Waals surface area contributed by atoms with Crippen molar-refractivity contribution in [3.05, 3.63) is 100 Å². The summed E-state index contributed by atoms with van der Waals surface area (Å²) in [5.74, 6) is 0.252. The van der Waals surface area contributed by atoms with Crippen molar-refractivity contribution in [3.8, 4) is 5.75 Å². The quantitative estimate of drug-likeness (QED) is 0.274. The Morgan fingerprint density at radius 2 is 1.81 bits per heavy atom. The maximum absolute atomic E-state index is 13.8. The van der Waals surface area contributed by atoms with Crippen LogP contribution in [0.5, 0.6) is 5.75 Å². The molecule has 0 aliphatic heterocycles. The van der Waals surface area contributed by atoms with Crippen LogP contribution < -0.4 is 9.64 Å². The van der Waals surface area contributed by atoms with E-state index in [1.807, 2.05) is 24.4 Å². The highest BCUT2D eigenvalue weighted by atomic mass is 35.5. The fraction of sp³-hybridized carbons (Fsp3) is 0.111. The van der Waals surface area contributed by atoms with E-state index < -0.39 is 0 Å². The number of fused-ring (bicyclic) bond motifs is 1. The molecule has 9 heteroatoms. The predicted octanol–water partition coefficient (Wildman–Crippen LogP) is 6.06. The summed E-state index contributed by atoms with van der Waals surface area (Å²) in [5, 5.41) is 3.71. The Labute approximate surface area is 216 Å². The van der Waals surface area contributed by atoms with Gasteiger partial charge >= 0.3 is 0 Å². The van der Waals surface area contributed by atoms with E-state index in [2.05, 4.69) is 9.97 Å². The molecule has 0 saturated carbocycles. The van der Waals surface area contributed by atoms with E-state index in [9.17, 15) is 9.59 Å². The third kappa shape index (κ3) is 4.36. The molecule has 0 radical (unpaired) electrons. The van der Waals surface area contributed by atoms with Crippen LogP contribution in [0.4, 0.5) is 10.8 Å². The minimum absolute atomic E-state index is 0.0539. The van der Waals surface area contributed by atoms with Crippen molar-refractivity contribution in [1.82, 2.24) is 14.5 Å². The van der Waals surface area contributed by atoms with Gasteiger partial charge in [0.15, 0.2) is 5.13 Å². The standard InChI is InChI=1S/C27H21ClN4O3S/c1-17-22(16-25(33)32(27-30-13-14-36-27)20-9-11-29-12-10-20)23-15-21(35-2)7-8-24(23)31(17)26(34)18-3-5-19(28)6-4-18/h3-15H,16H2,1-2H3. The zero-order valence-electron chi connectivity index (χ0n) is 19.5. The van der Waals surface area contributed by atoms with Crippen molar-refractivity contribution in [3.63, 3.8) is 0 Å². The third-order valence-electron chi connectivity index (χ3n) is 5.95. The lowest BCUT2D eigenvalue weighted by Crippen LogP contribution is -2.27. The molecular weight excluding hydrogens is 496 g/mol. The lowest BCUT2D eigenvalue weighted by Gasteiger charge is -2.20. The molecule has 0 aliphatic rings. The summed E-state index contributed by atoms with van der Waals surface area (Å²) < 4.78 is 7.09. The molecule has 7 nitrogen and oxygen atoms in total. The van der Waals surface area contributed by atoms with E-state index in [-0.39, 0.29) is 18.2 Å². The SMILES string of the molecule is COc1ccc2c(c1)c(CC(=O)N(c1ccncc1)c1nccs1)c(C)n2C(=O)c1ccc(Cl)cc1. The molecule has 2 aromatic carbocycles. The van der Waals surface area contributed by atoms with Gasteiger partial charge in [-0.1, -0.05) is 11.6 Å². The predicted molar refractivity (Wildman–Crippen MR) is 142 cm³/mol. The van der Waals surface area contributed by atoms with E-state index in [1.165, 1.54) is 11.3 Å². The molecule has 0 unspecified atom stereocenters. The highest BCUT2D eigenvalue weighted by Crippen LogP contribution is 2.33. The number of thiazole rings is 1. The molecule has 3 heterocycles. The number of ether oxygens (including phenoxy) is 1. The first kappa shape index (κ1) is 23.7. The fourth-order valence-corrected chi connectivity index (χ4v) is 5.01. The summed E-state index contributed by atoms with van der Waals surface area (Å²) in [6.07, 6.45) is 4.98. The number of hydrogen-bond donors (Lipinski definition) is 0. The first-order valence-corrected chi connectivity index (χ1v) is 12.3. The fourth-order valence-electron chi connectivity index (χ4n) is 4.21. The van der Waals surface area contributed by atoms with Gasteiger partial charge in [-0.05, 0) is 67.1 Å². The summed E-state index contributed by atoms with van der Waals surface area (Å²) >= 11 is 7.39. The topological polar surface area (TPSA) is 77.3 Å². The normalized spacial score (nSPS) is 11.0. The summed E-state index contributed by atoms with van der Waals surface area (Å²) in [6.45, 7) is 1.85. The average Bonchev–Trinajstić information content (AvgIpc) is 3.51. The molecule has 0 bridgehead atoms. The van der Waals surface area contributed by atoms with E-state index in [0.717, 1.165) is 10.9 Å². The van der Waals surface area contributed by atoms with Gasteiger partial charge in [0, 0.05) is 45.6 Å². The van der Waals surface area contributed by atoms with Gasteiger partial charge in [0.05, 0.1) is 24.7 Å². The van der Waals surface area contributed by atoms with Gasteiger partial charge in [0.25, 0.3) is 5.91 Å². The van der Waals surface area contributed by atoms with Gasteiger partial charge in [0.2, 0.25) is 5.91 Å². The maximum atomic E-state index is 13.8. The van der Waals surface area contributed by atoms with Crippen molar-refractivity contribution in [2.45, 2.75) is 13.3 Å². The summed E-state index contributed by atoms with van der Waals surface area (Å²) in [7, 11) is 1.59. The first-order valence-electron chi connectivity index (χ1n) is 11.1. The van der Waals surface area contributed by atoms with Gasteiger partial charge in [-0.25, -0.2) is 4.98 Å². The van der Waals surface area contributed by atoms with Crippen LogP contribution in [-0.4, -0.2) is 33.5 Å². The third-order valence-corrected chi connectivity index (χ3v) is 6.95. The Morgan fingerprint density at radius 3 is 2.47 bits per heavy atom. The van der Waals surface area contributed by atoms with Crippen LogP contribution in [0.2, 0.25) is 5.02 Å². The molecule has 36 heavy (non-hydrogen) atoms. The zero-order chi connectivity index (χ0) is 25.2. The Hall–Kier alpha value is -4.01. The second-order valence-electron chi connectivity index (χ2n) is 8.02. The molecular formula is C27H21ClN4O3S. The largest absolute Gasteiger partial charge is 0.497 e. The molecule has 0 saturated heterocycles. The van der Waals surface area contributed by atoms with Crippen LogP contribution in [0.25, 0.3) is 10.9 Å². The Kier molecular flexibility index (Phi) is 6.54. The molecule has 0 N–H and O–H groups in total. The number of methoxy groups -OCH3 is 1. The van der Waals surface area contributed by atoms with Crippen molar-refractivity contribution >= 4 is 56.5 Å². The highest BCUT2D eigenvalue weighted by Gasteiger charge is 2.26. The van der Waals surface area contributed by atoms with E-state index >= 15 is 0 Å². The number of rotatable bonds is 6. The minimum Gasteiger partial charge on any atom is -0.497 e. The van der Waals surface area contributed by atoms with Gasteiger partial charge < -0.3 is 4.74 Å². The van der Waals surface area contributed by atoms with Gasteiger partial charge in [-0.15, -0.1) is 11.3 Å². The molecule has 0 aliphatic carbocycles. The van der Waals surface area contributed by atoms with Gasteiger partial charge in [0.1, 0.15) is 5.75 Å². The number of pyridine rings is 1. The van der Waals surface area contributed by atoms with Gasteiger partial charge in [-0.2, -0.15) is 0 Å². The van der Waals surface area contributed by atoms with Crippen molar-refractivity contribution < 1.29 is 14.3 Å². The molecule has 0 atom stereocenters. The number of hydrogen-bond acceptors (Lipinski definition) is 6. The monoisotopic (exact) mass is 516 g/mol. The number of halogens is 1. The summed E-state index contributed by atoms with van der Waals surface area (Å²) in [6, 6.07) is 15.8. The molecule has 0 spiro atoms. The van der Waals surface area contributed by atoms with E-state index in [4.69, 9.17) is 16.3 Å². The Morgan fingerprint density at radius 1 is 1.06 bits per heavy atom. The summed E-state index contributed by atoms with van der Waals surface area (Å²) in [5.41, 5.74) is 3.28. The van der Waals surface area contributed by atoms with Crippen LogP contribution in [0, 0.1) is 6.92 Å². The van der Waals surface area contributed by atoms with E-state index in [0.29, 0.717) is 38.4 Å². The van der Waals surface area contributed by atoms with Crippen LogP contribution in [-0.2, 0) is 11.2 Å². The van der Waals surface area contributed by atoms with Gasteiger partial charge in [-0.3, -0.25) is 24.0 Å². The van der Waals surface area contributed by atoms with Crippen LogP contribution in [0.3, 0.4) is 0 Å². The van der Waals surface area contributed by atoms with Crippen LogP contribution in [0.15, 0.2) is 78.6 Å². The maximum Gasteiger partial charge on any atom is 0.262 e. The second kappa shape index (κ2) is 9.93. The first-order chi connectivity index (χ1) is 17.5. The van der Waals surface area contributed by atoms with Crippen molar-refractivity contribution in [1.29, 1.82) is 0 Å².